The van der Waals surface area contributed by atoms with E-state index in [0.717, 1.165) is 22.7 Å². The first-order chi connectivity index (χ1) is 12.1. The summed E-state index contributed by atoms with van der Waals surface area (Å²) in [7, 11) is 1.60. The van der Waals surface area contributed by atoms with Gasteiger partial charge in [0.2, 0.25) is 5.91 Å². The van der Waals surface area contributed by atoms with Crippen LogP contribution in [0.1, 0.15) is 22.3 Å². The number of methoxy groups -OCH3 is 1. The van der Waals surface area contributed by atoms with Crippen LogP contribution in [-0.4, -0.2) is 30.7 Å². The van der Waals surface area contributed by atoms with Gasteiger partial charge in [-0.15, -0.1) is 0 Å². The maximum absolute atomic E-state index is 11.9. The topological polar surface area (TPSA) is 90.9 Å². The Balaban J connectivity index is 1.87. The highest BCUT2D eigenvalue weighted by atomic mass is 16.5. The lowest BCUT2D eigenvalue weighted by Crippen LogP contribution is -2.24. The van der Waals surface area contributed by atoms with Crippen molar-refractivity contribution in [3.05, 3.63) is 53.6 Å². The minimum absolute atomic E-state index is 0.0242. The summed E-state index contributed by atoms with van der Waals surface area (Å²) in [6.45, 7) is 1.15. The van der Waals surface area contributed by atoms with Crippen molar-refractivity contribution in [1.29, 1.82) is 0 Å². The second-order valence-corrected chi connectivity index (χ2v) is 5.74. The predicted molar refractivity (Wildman–Crippen MR) is 93.0 cm³/mol. The minimum atomic E-state index is -0.550. The van der Waals surface area contributed by atoms with Gasteiger partial charge in [-0.3, -0.25) is 14.8 Å². The number of anilines is 2. The number of fused-ring (bicyclic) bond motifs is 1. The van der Waals surface area contributed by atoms with Gasteiger partial charge in [-0.05, 0) is 29.8 Å². The Morgan fingerprint density at radius 3 is 2.72 bits per heavy atom. The quantitative estimate of drug-likeness (QED) is 0.586. The van der Waals surface area contributed by atoms with Gasteiger partial charge >= 0.3 is 0 Å². The molecule has 1 heterocycles. The fourth-order valence-electron chi connectivity index (χ4n) is 2.79. The van der Waals surface area contributed by atoms with Crippen LogP contribution in [0, 0.1) is 0 Å². The normalized spacial score (nSPS) is 13.5. The number of carbonyl (C=O) groups excluding carboxylic acids is 2. The second kappa shape index (κ2) is 7.23. The molecule has 0 saturated heterocycles. The first-order valence-electron chi connectivity index (χ1n) is 7.87. The number of hydrogen-bond acceptors (Lipinski definition) is 5. The molecule has 0 bridgehead atoms. The van der Waals surface area contributed by atoms with E-state index in [-0.39, 0.29) is 5.91 Å². The van der Waals surface area contributed by atoms with Gasteiger partial charge < -0.3 is 15.0 Å². The van der Waals surface area contributed by atoms with Crippen LogP contribution in [0.4, 0.5) is 11.4 Å². The number of nitrogens with one attached hydrogen (secondary N) is 2. The monoisotopic (exact) mass is 341 g/mol. The average Bonchev–Trinajstić information content (AvgIpc) is 2.80. The van der Waals surface area contributed by atoms with E-state index < -0.39 is 5.91 Å². The van der Waals surface area contributed by atoms with Crippen molar-refractivity contribution in [2.75, 3.05) is 23.9 Å². The highest BCUT2D eigenvalue weighted by molar-refractivity contribution is 5.96. The van der Waals surface area contributed by atoms with Crippen molar-refractivity contribution in [1.82, 2.24) is 5.48 Å². The third kappa shape index (κ3) is 3.72. The van der Waals surface area contributed by atoms with Crippen LogP contribution in [0.15, 0.2) is 42.5 Å². The SMILES string of the molecule is COc1ccc2c(c1)N(Cc1ccc(C(=O)NO)cc1)CCC(=O)N2. The molecule has 0 saturated carbocycles. The Hall–Kier alpha value is -3.06. The maximum atomic E-state index is 11.9. The summed E-state index contributed by atoms with van der Waals surface area (Å²) in [6, 6.07) is 12.5. The number of amides is 2. The maximum Gasteiger partial charge on any atom is 0.274 e. The van der Waals surface area contributed by atoms with Gasteiger partial charge in [-0.25, -0.2) is 5.48 Å². The van der Waals surface area contributed by atoms with E-state index in [1.54, 1.807) is 24.7 Å². The van der Waals surface area contributed by atoms with Crippen molar-refractivity contribution in [2.24, 2.45) is 0 Å². The third-order valence-corrected chi connectivity index (χ3v) is 4.12. The zero-order valence-corrected chi connectivity index (χ0v) is 13.8. The molecule has 0 aromatic heterocycles. The number of rotatable bonds is 4. The molecule has 2 amide bonds. The molecule has 7 nitrogen and oxygen atoms in total. The molecule has 1 aliphatic heterocycles. The number of benzene rings is 2. The number of hydrogen-bond donors (Lipinski definition) is 3. The fourth-order valence-corrected chi connectivity index (χ4v) is 2.79. The van der Waals surface area contributed by atoms with E-state index in [4.69, 9.17) is 9.94 Å². The largest absolute Gasteiger partial charge is 0.497 e. The van der Waals surface area contributed by atoms with Crippen molar-refractivity contribution in [2.45, 2.75) is 13.0 Å². The van der Waals surface area contributed by atoms with Gasteiger partial charge in [0.05, 0.1) is 18.5 Å². The van der Waals surface area contributed by atoms with Crippen molar-refractivity contribution < 1.29 is 19.5 Å². The zero-order valence-electron chi connectivity index (χ0n) is 13.8. The molecule has 7 heteroatoms. The van der Waals surface area contributed by atoms with E-state index in [0.29, 0.717) is 25.1 Å². The second-order valence-electron chi connectivity index (χ2n) is 5.74. The number of hydroxylamine groups is 1. The summed E-state index contributed by atoms with van der Waals surface area (Å²) in [6.07, 6.45) is 0.391. The Kier molecular flexibility index (Phi) is 4.85. The summed E-state index contributed by atoms with van der Waals surface area (Å²) in [5, 5.41) is 11.6. The molecule has 0 spiro atoms. The molecule has 130 valence electrons. The zero-order chi connectivity index (χ0) is 17.8. The van der Waals surface area contributed by atoms with Crippen molar-refractivity contribution >= 4 is 23.2 Å². The molecule has 0 unspecified atom stereocenters. The van der Waals surface area contributed by atoms with Crippen LogP contribution in [-0.2, 0) is 11.3 Å². The number of carbonyl (C=O) groups is 2. The summed E-state index contributed by atoms with van der Waals surface area (Å²) >= 11 is 0. The Morgan fingerprint density at radius 2 is 2.04 bits per heavy atom. The molecular weight excluding hydrogens is 322 g/mol. The first kappa shape index (κ1) is 16.8. The van der Waals surface area contributed by atoms with E-state index in [1.165, 1.54) is 0 Å². The van der Waals surface area contributed by atoms with Gasteiger partial charge in [0.25, 0.3) is 5.91 Å². The molecule has 0 atom stereocenters. The molecule has 0 radical (unpaired) electrons. The smallest absolute Gasteiger partial charge is 0.274 e. The van der Waals surface area contributed by atoms with E-state index in [9.17, 15) is 9.59 Å². The molecule has 1 aliphatic rings. The standard InChI is InChI=1S/C18H19N3O4/c1-25-14-6-7-15-16(10-14)21(9-8-17(22)19-15)11-12-2-4-13(5-3-12)18(23)20-24/h2-7,10,24H,8-9,11H2,1H3,(H,19,22)(H,20,23). The van der Waals surface area contributed by atoms with Gasteiger partial charge in [0.1, 0.15) is 5.75 Å². The summed E-state index contributed by atoms with van der Waals surface area (Å²) in [4.78, 5) is 25.4. The van der Waals surface area contributed by atoms with E-state index in [2.05, 4.69) is 10.2 Å². The lowest BCUT2D eigenvalue weighted by Gasteiger charge is -2.24. The number of ether oxygens (including phenoxy) is 1. The van der Waals surface area contributed by atoms with E-state index >= 15 is 0 Å². The van der Waals surface area contributed by atoms with Gasteiger partial charge in [0, 0.05) is 31.1 Å². The third-order valence-electron chi connectivity index (χ3n) is 4.12. The van der Waals surface area contributed by atoms with Crippen LogP contribution in [0.2, 0.25) is 0 Å². The van der Waals surface area contributed by atoms with Crippen molar-refractivity contribution in [3.8, 4) is 5.75 Å². The highest BCUT2D eigenvalue weighted by Crippen LogP contribution is 2.33. The predicted octanol–water partition coefficient (Wildman–Crippen LogP) is 2.16. The van der Waals surface area contributed by atoms with Crippen LogP contribution < -0.4 is 20.4 Å². The average molecular weight is 341 g/mol. The molecule has 0 fully saturated rings. The summed E-state index contributed by atoms with van der Waals surface area (Å²) in [5.74, 6) is 0.143. The molecule has 25 heavy (non-hydrogen) atoms. The first-order valence-corrected chi connectivity index (χ1v) is 7.87. The molecule has 3 N–H and O–H groups in total. The van der Waals surface area contributed by atoms with Crippen LogP contribution in [0.25, 0.3) is 0 Å². The lowest BCUT2D eigenvalue weighted by atomic mass is 10.1. The summed E-state index contributed by atoms with van der Waals surface area (Å²) in [5.41, 5.74) is 4.61. The molecule has 0 aliphatic carbocycles. The van der Waals surface area contributed by atoms with Gasteiger partial charge in [-0.2, -0.15) is 0 Å². The Labute approximate surface area is 145 Å². The highest BCUT2D eigenvalue weighted by Gasteiger charge is 2.20. The Morgan fingerprint density at radius 1 is 1.28 bits per heavy atom. The van der Waals surface area contributed by atoms with Crippen molar-refractivity contribution in [3.63, 3.8) is 0 Å². The van der Waals surface area contributed by atoms with Gasteiger partial charge in [0.15, 0.2) is 0 Å². The lowest BCUT2D eigenvalue weighted by molar-refractivity contribution is -0.115. The minimum Gasteiger partial charge on any atom is -0.497 e. The summed E-state index contributed by atoms with van der Waals surface area (Å²) < 4.78 is 5.29. The van der Waals surface area contributed by atoms with Crippen LogP contribution in [0.3, 0.4) is 0 Å². The van der Waals surface area contributed by atoms with Crippen LogP contribution >= 0.6 is 0 Å². The molecule has 2 aromatic rings. The number of nitrogens with zero attached hydrogens (tertiary/aromatic N) is 1. The van der Waals surface area contributed by atoms with E-state index in [1.807, 2.05) is 30.3 Å². The van der Waals surface area contributed by atoms with Crippen LogP contribution in [0.5, 0.6) is 5.75 Å². The molecule has 3 rings (SSSR count). The van der Waals surface area contributed by atoms with Gasteiger partial charge in [-0.1, -0.05) is 12.1 Å². The molecular formula is C18H19N3O4. The molecule has 2 aromatic carbocycles. The fraction of sp³-hybridized carbons (Fsp3) is 0.222. The Bertz CT molecular complexity index is 789.